The first-order valence-electron chi connectivity index (χ1n) is 11.7. The van der Waals surface area contributed by atoms with E-state index in [0.717, 1.165) is 37.7 Å². The highest BCUT2D eigenvalue weighted by Crippen LogP contribution is 2.28. The molecule has 0 aromatic heterocycles. The zero-order chi connectivity index (χ0) is 23.8. The van der Waals surface area contributed by atoms with Crippen LogP contribution in [0.5, 0.6) is 5.75 Å². The van der Waals surface area contributed by atoms with Crippen LogP contribution >= 0.6 is 0 Å². The minimum atomic E-state index is -3.78. The summed E-state index contributed by atoms with van der Waals surface area (Å²) in [6.07, 6.45) is 4.58. The van der Waals surface area contributed by atoms with Crippen LogP contribution in [-0.2, 0) is 21.4 Å². The molecule has 1 amide bonds. The van der Waals surface area contributed by atoms with E-state index in [4.69, 9.17) is 4.74 Å². The van der Waals surface area contributed by atoms with Gasteiger partial charge in [-0.25, -0.2) is 8.42 Å². The summed E-state index contributed by atoms with van der Waals surface area (Å²) in [6, 6.07) is 25.2. The second-order valence-electron chi connectivity index (χ2n) is 8.50. The van der Waals surface area contributed by atoms with Gasteiger partial charge in [0.1, 0.15) is 12.4 Å². The standard InChI is InChI=1S/C27H30N2O4S/c30-27(28-23-16-18-25(19-17-23)33-21-22-10-4-1-5-11-22)20-29(24-12-6-2-7-13-24)34(31,32)26-14-8-3-9-15-26/h1,3-5,8-11,14-19,24H,2,6-7,12-13,20-21H2,(H,28,30). The average Bonchev–Trinajstić information content (AvgIpc) is 2.88. The molecule has 0 bridgehead atoms. The highest BCUT2D eigenvalue weighted by molar-refractivity contribution is 7.89. The minimum absolute atomic E-state index is 0.168. The Hall–Kier alpha value is -3.16. The van der Waals surface area contributed by atoms with Crippen LogP contribution in [0.1, 0.15) is 37.7 Å². The number of amides is 1. The van der Waals surface area contributed by atoms with Gasteiger partial charge in [-0.2, -0.15) is 4.31 Å². The molecule has 1 aliphatic carbocycles. The first-order valence-corrected chi connectivity index (χ1v) is 13.1. The van der Waals surface area contributed by atoms with Crippen LogP contribution < -0.4 is 10.1 Å². The maximum atomic E-state index is 13.4. The van der Waals surface area contributed by atoms with Crippen molar-refractivity contribution in [2.45, 2.75) is 49.6 Å². The quantitative estimate of drug-likeness (QED) is 0.457. The Morgan fingerprint density at radius 2 is 1.47 bits per heavy atom. The third-order valence-electron chi connectivity index (χ3n) is 6.02. The smallest absolute Gasteiger partial charge is 0.243 e. The topological polar surface area (TPSA) is 75.7 Å². The van der Waals surface area contributed by atoms with Gasteiger partial charge in [-0.15, -0.1) is 0 Å². The van der Waals surface area contributed by atoms with E-state index in [1.807, 2.05) is 30.3 Å². The molecule has 4 rings (SSSR count). The van der Waals surface area contributed by atoms with Gasteiger partial charge in [-0.1, -0.05) is 67.8 Å². The van der Waals surface area contributed by atoms with Crippen molar-refractivity contribution < 1.29 is 17.9 Å². The third-order valence-corrected chi connectivity index (χ3v) is 7.93. The molecule has 0 atom stereocenters. The Balaban J connectivity index is 1.41. The second-order valence-corrected chi connectivity index (χ2v) is 10.4. The molecule has 3 aromatic rings. The number of hydrogen-bond acceptors (Lipinski definition) is 4. The van der Waals surface area contributed by atoms with Crippen LogP contribution in [0.3, 0.4) is 0 Å². The lowest BCUT2D eigenvalue weighted by molar-refractivity contribution is -0.116. The summed E-state index contributed by atoms with van der Waals surface area (Å²) < 4.78 is 33.9. The molecular formula is C27H30N2O4S. The van der Waals surface area contributed by atoms with E-state index in [1.165, 1.54) is 4.31 Å². The Morgan fingerprint density at radius 1 is 0.853 bits per heavy atom. The van der Waals surface area contributed by atoms with Crippen LogP contribution in [0.15, 0.2) is 89.8 Å². The maximum Gasteiger partial charge on any atom is 0.243 e. The van der Waals surface area contributed by atoms with E-state index in [0.29, 0.717) is 18.0 Å². The van der Waals surface area contributed by atoms with Gasteiger partial charge in [0.05, 0.1) is 11.4 Å². The summed E-state index contributed by atoms with van der Waals surface area (Å²) in [7, 11) is -3.78. The predicted molar refractivity (Wildman–Crippen MR) is 133 cm³/mol. The van der Waals surface area contributed by atoms with Crippen LogP contribution in [0.4, 0.5) is 5.69 Å². The fraction of sp³-hybridized carbons (Fsp3) is 0.296. The average molecular weight is 479 g/mol. The normalized spacial score (nSPS) is 14.6. The summed E-state index contributed by atoms with van der Waals surface area (Å²) in [6.45, 7) is 0.244. The number of benzene rings is 3. The predicted octanol–water partition coefficient (Wildman–Crippen LogP) is 5.23. The number of carbonyl (C=O) groups excluding carboxylic acids is 1. The molecule has 1 N–H and O–H groups in total. The van der Waals surface area contributed by atoms with Crippen LogP contribution in [-0.4, -0.2) is 31.2 Å². The second kappa shape index (κ2) is 11.3. The number of hydrogen-bond donors (Lipinski definition) is 1. The molecule has 6 nitrogen and oxygen atoms in total. The van der Waals surface area contributed by atoms with Gasteiger partial charge in [0.15, 0.2) is 0 Å². The third kappa shape index (κ3) is 6.24. The highest BCUT2D eigenvalue weighted by Gasteiger charge is 2.33. The first-order chi connectivity index (χ1) is 16.5. The zero-order valence-electron chi connectivity index (χ0n) is 19.1. The van der Waals surface area contributed by atoms with Crippen molar-refractivity contribution in [2.75, 3.05) is 11.9 Å². The molecule has 0 heterocycles. The van der Waals surface area contributed by atoms with Crippen LogP contribution in [0, 0.1) is 0 Å². The summed E-state index contributed by atoms with van der Waals surface area (Å²) in [5.74, 6) is 0.334. The van der Waals surface area contributed by atoms with E-state index in [-0.39, 0.29) is 23.4 Å². The molecular weight excluding hydrogens is 448 g/mol. The maximum absolute atomic E-state index is 13.4. The summed E-state index contributed by atoms with van der Waals surface area (Å²) in [5.41, 5.74) is 1.67. The van der Waals surface area contributed by atoms with Crippen molar-refractivity contribution in [1.29, 1.82) is 0 Å². The number of carbonyl (C=O) groups is 1. The lowest BCUT2D eigenvalue weighted by Gasteiger charge is -2.33. The van der Waals surface area contributed by atoms with Gasteiger partial charge in [-0.3, -0.25) is 4.79 Å². The molecule has 1 fully saturated rings. The van der Waals surface area contributed by atoms with Crippen molar-refractivity contribution in [1.82, 2.24) is 4.31 Å². The Morgan fingerprint density at radius 3 is 2.12 bits per heavy atom. The Kier molecular flexibility index (Phi) is 7.98. The van der Waals surface area contributed by atoms with E-state index in [1.54, 1.807) is 54.6 Å². The molecule has 0 radical (unpaired) electrons. The SMILES string of the molecule is O=C(CN(C1CCCCC1)S(=O)(=O)c1ccccc1)Nc1ccc(OCc2ccccc2)cc1. The molecule has 34 heavy (non-hydrogen) atoms. The van der Waals surface area contributed by atoms with Crippen LogP contribution in [0.2, 0.25) is 0 Å². The van der Waals surface area contributed by atoms with Crippen LogP contribution in [0.25, 0.3) is 0 Å². The first kappa shape index (κ1) is 24.0. The van der Waals surface area contributed by atoms with Gasteiger partial charge in [0.2, 0.25) is 15.9 Å². The molecule has 1 saturated carbocycles. The number of anilines is 1. The molecule has 1 aliphatic rings. The lowest BCUT2D eigenvalue weighted by Crippen LogP contribution is -2.45. The summed E-state index contributed by atoms with van der Waals surface area (Å²) in [4.78, 5) is 13.1. The van der Waals surface area contributed by atoms with Gasteiger partial charge in [0.25, 0.3) is 0 Å². The molecule has 3 aromatic carbocycles. The van der Waals surface area contributed by atoms with Crippen molar-refractivity contribution in [2.24, 2.45) is 0 Å². The summed E-state index contributed by atoms with van der Waals surface area (Å²) in [5, 5.41) is 2.84. The van der Waals surface area contributed by atoms with Gasteiger partial charge < -0.3 is 10.1 Å². The van der Waals surface area contributed by atoms with E-state index >= 15 is 0 Å². The van der Waals surface area contributed by atoms with Gasteiger partial charge >= 0.3 is 0 Å². The van der Waals surface area contributed by atoms with Crippen molar-refractivity contribution in [3.8, 4) is 5.75 Å². The summed E-state index contributed by atoms with van der Waals surface area (Å²) >= 11 is 0. The Bertz CT molecular complexity index is 1160. The van der Waals surface area contributed by atoms with Crippen molar-refractivity contribution >= 4 is 21.6 Å². The highest BCUT2D eigenvalue weighted by atomic mass is 32.2. The minimum Gasteiger partial charge on any atom is -0.489 e. The van der Waals surface area contributed by atoms with Crippen molar-refractivity contribution in [3.63, 3.8) is 0 Å². The van der Waals surface area contributed by atoms with E-state index < -0.39 is 10.0 Å². The number of sulfonamides is 1. The molecule has 0 spiro atoms. The fourth-order valence-electron chi connectivity index (χ4n) is 4.22. The largest absolute Gasteiger partial charge is 0.489 e. The van der Waals surface area contributed by atoms with Gasteiger partial charge in [0, 0.05) is 11.7 Å². The van der Waals surface area contributed by atoms with E-state index in [9.17, 15) is 13.2 Å². The molecule has 7 heteroatoms. The van der Waals surface area contributed by atoms with E-state index in [2.05, 4.69) is 5.32 Å². The van der Waals surface area contributed by atoms with Gasteiger partial charge in [-0.05, 0) is 54.8 Å². The molecule has 0 aliphatic heterocycles. The molecule has 0 saturated heterocycles. The number of rotatable bonds is 9. The number of nitrogens with one attached hydrogen (secondary N) is 1. The number of ether oxygens (including phenoxy) is 1. The monoisotopic (exact) mass is 478 g/mol. The molecule has 178 valence electrons. The fourth-order valence-corrected chi connectivity index (χ4v) is 5.89. The molecule has 0 unspecified atom stereocenters. The Labute approximate surface area is 201 Å². The van der Waals surface area contributed by atoms with Crippen molar-refractivity contribution in [3.05, 3.63) is 90.5 Å². The number of nitrogens with zero attached hydrogens (tertiary/aromatic N) is 1. The zero-order valence-corrected chi connectivity index (χ0v) is 19.9. The lowest BCUT2D eigenvalue weighted by atomic mass is 9.95.